The predicted octanol–water partition coefficient (Wildman–Crippen LogP) is 3.10. The highest BCUT2D eigenvalue weighted by Gasteiger charge is 2.17. The summed E-state index contributed by atoms with van der Waals surface area (Å²) in [4.78, 5) is 8.03. The van der Waals surface area contributed by atoms with Crippen molar-refractivity contribution in [2.75, 3.05) is 11.1 Å². The number of nitrogen functional groups attached to an aromatic ring is 1. The summed E-state index contributed by atoms with van der Waals surface area (Å²) in [5.74, 6) is 0.640. The average Bonchev–Trinajstić information content (AvgIpc) is 2.31. The predicted molar refractivity (Wildman–Crippen MR) is 74.9 cm³/mol. The van der Waals surface area contributed by atoms with Gasteiger partial charge in [-0.1, -0.05) is 39.0 Å². The number of anilines is 3. The molecule has 94 valence electrons. The molecule has 0 saturated heterocycles. The van der Waals surface area contributed by atoms with E-state index in [1.54, 1.807) is 6.20 Å². The maximum absolute atomic E-state index is 5.84. The SMILES string of the molecule is CC(C)(C)c1ccccc1Nc1ncncc1N. The second-order valence-electron chi connectivity index (χ2n) is 5.25. The second-order valence-corrected chi connectivity index (χ2v) is 5.25. The zero-order valence-corrected chi connectivity index (χ0v) is 10.9. The quantitative estimate of drug-likeness (QED) is 0.849. The summed E-state index contributed by atoms with van der Waals surface area (Å²) in [6.45, 7) is 6.53. The second kappa shape index (κ2) is 4.64. The number of hydrogen-bond donors (Lipinski definition) is 2. The fourth-order valence-electron chi connectivity index (χ4n) is 1.82. The molecule has 0 radical (unpaired) electrons. The monoisotopic (exact) mass is 242 g/mol. The van der Waals surface area contributed by atoms with Crippen molar-refractivity contribution in [1.82, 2.24) is 9.97 Å². The molecule has 3 N–H and O–H groups in total. The number of hydrogen-bond acceptors (Lipinski definition) is 4. The molecule has 1 aromatic heterocycles. The molecule has 4 nitrogen and oxygen atoms in total. The van der Waals surface area contributed by atoms with E-state index in [1.165, 1.54) is 11.9 Å². The molecule has 0 aliphatic carbocycles. The van der Waals surface area contributed by atoms with E-state index in [1.807, 2.05) is 18.2 Å². The van der Waals surface area contributed by atoms with Gasteiger partial charge in [0.2, 0.25) is 0 Å². The third-order valence-electron chi connectivity index (χ3n) is 2.73. The molecule has 0 saturated carbocycles. The summed E-state index contributed by atoms with van der Waals surface area (Å²) in [7, 11) is 0. The molecule has 2 rings (SSSR count). The lowest BCUT2D eigenvalue weighted by Crippen LogP contribution is -2.14. The molecule has 0 fully saturated rings. The Bertz CT molecular complexity index is 543. The zero-order valence-electron chi connectivity index (χ0n) is 10.9. The van der Waals surface area contributed by atoms with Crippen molar-refractivity contribution in [3.8, 4) is 0 Å². The lowest BCUT2D eigenvalue weighted by Gasteiger charge is -2.23. The van der Waals surface area contributed by atoms with Crippen LogP contribution >= 0.6 is 0 Å². The Kier molecular flexibility index (Phi) is 3.19. The molecule has 4 heteroatoms. The van der Waals surface area contributed by atoms with E-state index in [-0.39, 0.29) is 5.41 Å². The first-order valence-corrected chi connectivity index (χ1v) is 5.90. The molecule has 2 aromatic rings. The van der Waals surface area contributed by atoms with Crippen molar-refractivity contribution in [3.05, 3.63) is 42.4 Å². The minimum Gasteiger partial charge on any atom is -0.394 e. The van der Waals surface area contributed by atoms with Gasteiger partial charge in [0.15, 0.2) is 5.82 Å². The van der Waals surface area contributed by atoms with Gasteiger partial charge in [-0.3, -0.25) is 0 Å². The number of aromatic nitrogens is 2. The van der Waals surface area contributed by atoms with Gasteiger partial charge in [-0.05, 0) is 17.0 Å². The Morgan fingerprint density at radius 3 is 2.56 bits per heavy atom. The minimum absolute atomic E-state index is 0.0609. The van der Waals surface area contributed by atoms with Gasteiger partial charge in [-0.2, -0.15) is 0 Å². The smallest absolute Gasteiger partial charge is 0.157 e. The highest BCUT2D eigenvalue weighted by atomic mass is 15.0. The van der Waals surface area contributed by atoms with Crippen LogP contribution in [-0.2, 0) is 5.41 Å². The summed E-state index contributed by atoms with van der Waals surface area (Å²) in [6, 6.07) is 8.17. The average molecular weight is 242 g/mol. The summed E-state index contributed by atoms with van der Waals surface area (Å²) >= 11 is 0. The minimum atomic E-state index is 0.0609. The normalized spacial score (nSPS) is 11.3. The van der Waals surface area contributed by atoms with Gasteiger partial charge >= 0.3 is 0 Å². The van der Waals surface area contributed by atoms with Crippen molar-refractivity contribution in [3.63, 3.8) is 0 Å². The van der Waals surface area contributed by atoms with Crippen LogP contribution in [0.5, 0.6) is 0 Å². The lowest BCUT2D eigenvalue weighted by atomic mass is 9.86. The molecule has 0 atom stereocenters. The van der Waals surface area contributed by atoms with Gasteiger partial charge in [-0.25, -0.2) is 9.97 Å². The zero-order chi connectivity index (χ0) is 13.2. The Balaban J connectivity index is 2.39. The summed E-state index contributed by atoms with van der Waals surface area (Å²) in [5, 5.41) is 3.27. The highest BCUT2D eigenvalue weighted by molar-refractivity contribution is 5.70. The van der Waals surface area contributed by atoms with Crippen LogP contribution < -0.4 is 11.1 Å². The molecule has 1 aromatic carbocycles. The van der Waals surface area contributed by atoms with E-state index < -0.39 is 0 Å². The van der Waals surface area contributed by atoms with E-state index in [0.29, 0.717) is 11.5 Å². The fourth-order valence-corrected chi connectivity index (χ4v) is 1.82. The largest absolute Gasteiger partial charge is 0.394 e. The van der Waals surface area contributed by atoms with Crippen LogP contribution in [-0.4, -0.2) is 9.97 Å². The molecule has 0 bridgehead atoms. The molecule has 18 heavy (non-hydrogen) atoms. The first-order valence-electron chi connectivity index (χ1n) is 5.90. The van der Waals surface area contributed by atoms with E-state index in [0.717, 1.165) is 5.69 Å². The van der Waals surface area contributed by atoms with Crippen LogP contribution in [0.15, 0.2) is 36.8 Å². The van der Waals surface area contributed by atoms with Gasteiger partial charge in [-0.15, -0.1) is 0 Å². The molecule has 0 unspecified atom stereocenters. The number of nitrogens with one attached hydrogen (secondary N) is 1. The lowest BCUT2D eigenvalue weighted by molar-refractivity contribution is 0.592. The number of rotatable bonds is 2. The Labute approximate surface area is 107 Å². The number of nitrogens with two attached hydrogens (primary N) is 1. The first kappa shape index (κ1) is 12.4. The van der Waals surface area contributed by atoms with Crippen molar-refractivity contribution in [2.45, 2.75) is 26.2 Å². The fraction of sp³-hybridized carbons (Fsp3) is 0.286. The molecule has 0 amide bonds. The number of para-hydroxylation sites is 1. The van der Waals surface area contributed by atoms with Gasteiger partial charge in [0.05, 0.1) is 11.9 Å². The topological polar surface area (TPSA) is 63.8 Å². The van der Waals surface area contributed by atoms with Crippen molar-refractivity contribution in [1.29, 1.82) is 0 Å². The third kappa shape index (κ3) is 2.59. The van der Waals surface area contributed by atoms with E-state index >= 15 is 0 Å². The van der Waals surface area contributed by atoms with E-state index in [2.05, 4.69) is 42.1 Å². The molecule has 0 aliphatic heterocycles. The van der Waals surface area contributed by atoms with Gasteiger partial charge in [0, 0.05) is 5.69 Å². The van der Waals surface area contributed by atoms with Crippen LogP contribution in [0.4, 0.5) is 17.2 Å². The standard InChI is InChI=1S/C14H18N4/c1-14(2,3)10-6-4-5-7-12(10)18-13-11(15)8-16-9-17-13/h4-9H,15H2,1-3H3,(H,16,17,18). The number of nitrogens with zero attached hydrogens (tertiary/aromatic N) is 2. The molecule has 0 spiro atoms. The molecule has 0 aliphatic rings. The number of benzene rings is 1. The molecule has 1 heterocycles. The van der Waals surface area contributed by atoms with E-state index in [4.69, 9.17) is 5.73 Å². The molecular formula is C14H18N4. The third-order valence-corrected chi connectivity index (χ3v) is 2.73. The maximum Gasteiger partial charge on any atom is 0.157 e. The van der Waals surface area contributed by atoms with Crippen LogP contribution in [0, 0.1) is 0 Å². The van der Waals surface area contributed by atoms with Crippen molar-refractivity contribution >= 4 is 17.2 Å². The van der Waals surface area contributed by atoms with Gasteiger partial charge in [0.25, 0.3) is 0 Å². The Morgan fingerprint density at radius 2 is 1.89 bits per heavy atom. The first-order chi connectivity index (χ1) is 8.48. The summed E-state index contributed by atoms with van der Waals surface area (Å²) in [6.07, 6.45) is 3.08. The highest BCUT2D eigenvalue weighted by Crippen LogP contribution is 2.31. The van der Waals surface area contributed by atoms with Crippen LogP contribution in [0.3, 0.4) is 0 Å². The maximum atomic E-state index is 5.84. The van der Waals surface area contributed by atoms with Gasteiger partial charge in [0.1, 0.15) is 6.33 Å². The summed E-state index contributed by atoms with van der Waals surface area (Å²) in [5.41, 5.74) is 8.69. The summed E-state index contributed by atoms with van der Waals surface area (Å²) < 4.78 is 0. The Hall–Kier alpha value is -2.10. The molecular weight excluding hydrogens is 224 g/mol. The Morgan fingerprint density at radius 1 is 1.17 bits per heavy atom. The van der Waals surface area contributed by atoms with Gasteiger partial charge < -0.3 is 11.1 Å². The van der Waals surface area contributed by atoms with Crippen LogP contribution in [0.25, 0.3) is 0 Å². The van der Waals surface area contributed by atoms with Crippen molar-refractivity contribution < 1.29 is 0 Å². The van der Waals surface area contributed by atoms with Crippen LogP contribution in [0.2, 0.25) is 0 Å². The van der Waals surface area contributed by atoms with E-state index in [9.17, 15) is 0 Å². The van der Waals surface area contributed by atoms with Crippen LogP contribution in [0.1, 0.15) is 26.3 Å². The van der Waals surface area contributed by atoms with Crippen molar-refractivity contribution in [2.24, 2.45) is 0 Å².